The molecule has 6 heteroatoms. The summed E-state index contributed by atoms with van der Waals surface area (Å²) in [5, 5.41) is 3.04. The summed E-state index contributed by atoms with van der Waals surface area (Å²) < 4.78 is 5.68. The molecule has 2 unspecified atom stereocenters. The predicted molar refractivity (Wildman–Crippen MR) is 85.6 cm³/mol. The number of furan rings is 1. The minimum Gasteiger partial charge on any atom is -0.455 e. The van der Waals surface area contributed by atoms with Gasteiger partial charge in [0.2, 0.25) is 0 Å². The molecule has 0 radical (unpaired) electrons. The maximum absolute atomic E-state index is 12.5. The summed E-state index contributed by atoms with van der Waals surface area (Å²) in [7, 11) is 0. The van der Waals surface area contributed by atoms with Gasteiger partial charge in [-0.1, -0.05) is 6.42 Å². The van der Waals surface area contributed by atoms with Crippen LogP contribution in [0.4, 0.5) is 0 Å². The number of hydrogen-bond acceptors (Lipinski definition) is 4. The Balaban J connectivity index is 0.00000176. The van der Waals surface area contributed by atoms with Crippen molar-refractivity contribution in [2.75, 3.05) is 6.54 Å². The molecule has 0 aliphatic heterocycles. The van der Waals surface area contributed by atoms with Crippen molar-refractivity contribution >= 4 is 24.1 Å². The molecule has 0 saturated heterocycles. The quantitative estimate of drug-likeness (QED) is 0.893. The second kappa shape index (κ2) is 6.84. The molecular formula is C16H23ClN2O3. The van der Waals surface area contributed by atoms with Crippen molar-refractivity contribution in [1.29, 1.82) is 0 Å². The molecule has 2 aliphatic rings. The lowest BCUT2D eigenvalue weighted by atomic mass is 9.94. The number of rotatable bonds is 3. The summed E-state index contributed by atoms with van der Waals surface area (Å²) in [5.41, 5.74) is 7.07. The number of halogens is 1. The molecular weight excluding hydrogens is 304 g/mol. The normalized spacial score (nSPS) is 23.8. The fourth-order valence-electron chi connectivity index (χ4n) is 3.61. The summed E-state index contributed by atoms with van der Waals surface area (Å²) in [6.45, 7) is 2.40. The average molecular weight is 327 g/mol. The number of carbonyl (C=O) groups is 2. The molecule has 122 valence electrons. The van der Waals surface area contributed by atoms with Crippen LogP contribution >= 0.6 is 12.4 Å². The van der Waals surface area contributed by atoms with Gasteiger partial charge in [-0.3, -0.25) is 9.59 Å². The zero-order valence-electron chi connectivity index (χ0n) is 12.8. The van der Waals surface area contributed by atoms with Crippen LogP contribution in [0, 0.1) is 12.8 Å². The zero-order chi connectivity index (χ0) is 15.0. The van der Waals surface area contributed by atoms with Gasteiger partial charge in [-0.15, -0.1) is 12.4 Å². The number of amides is 1. The first-order chi connectivity index (χ1) is 10.1. The molecule has 22 heavy (non-hydrogen) atoms. The number of nitrogens with one attached hydrogen (secondary N) is 1. The van der Waals surface area contributed by atoms with Crippen molar-refractivity contribution in [3.63, 3.8) is 0 Å². The lowest BCUT2D eigenvalue weighted by Gasteiger charge is -2.18. The van der Waals surface area contributed by atoms with Gasteiger partial charge in [-0.05, 0) is 38.6 Å². The predicted octanol–water partition coefficient (Wildman–Crippen LogP) is 2.39. The van der Waals surface area contributed by atoms with Gasteiger partial charge in [0.05, 0.1) is 5.56 Å². The molecule has 2 atom stereocenters. The molecule has 0 spiro atoms. The van der Waals surface area contributed by atoms with Gasteiger partial charge in [0.1, 0.15) is 5.76 Å². The first-order valence-electron chi connectivity index (χ1n) is 7.78. The standard InChI is InChI=1S/C16H22N2O3.ClH/c1-9-14-12(19)6-3-7-13(14)21-15(9)16(20)18-11-5-2-4-10(11)8-17;/h10-11H,2-8,17H2,1H3,(H,18,20);1H. The third-order valence-electron chi connectivity index (χ3n) is 4.79. The average Bonchev–Trinajstić information content (AvgIpc) is 3.04. The van der Waals surface area contributed by atoms with Crippen LogP contribution in [0.1, 0.15) is 64.3 Å². The highest BCUT2D eigenvalue weighted by atomic mass is 35.5. The van der Waals surface area contributed by atoms with Gasteiger partial charge >= 0.3 is 0 Å². The van der Waals surface area contributed by atoms with Gasteiger partial charge in [0.25, 0.3) is 5.91 Å². The van der Waals surface area contributed by atoms with Gasteiger partial charge in [0, 0.05) is 24.4 Å². The molecule has 5 nitrogen and oxygen atoms in total. The number of ketones is 1. The summed E-state index contributed by atoms with van der Waals surface area (Å²) in [5.74, 6) is 1.21. The number of aryl methyl sites for hydroxylation is 1. The van der Waals surface area contributed by atoms with E-state index in [0.717, 1.165) is 32.1 Å². The summed E-state index contributed by atoms with van der Waals surface area (Å²) in [6, 6.07) is 0.125. The maximum atomic E-state index is 12.5. The number of Topliss-reactive ketones (excluding diaryl/α,β-unsaturated/α-hetero) is 1. The SMILES string of the molecule is Cc1c(C(=O)NC2CCCC2CN)oc2c1C(=O)CCC2.Cl. The van der Waals surface area contributed by atoms with Crippen LogP contribution in [-0.4, -0.2) is 24.3 Å². The Morgan fingerprint density at radius 1 is 1.32 bits per heavy atom. The van der Waals surface area contributed by atoms with Crippen LogP contribution in [0.15, 0.2) is 4.42 Å². The maximum Gasteiger partial charge on any atom is 0.287 e. The lowest BCUT2D eigenvalue weighted by Crippen LogP contribution is -2.39. The molecule has 1 heterocycles. The van der Waals surface area contributed by atoms with Crippen molar-refractivity contribution in [3.8, 4) is 0 Å². The Kier molecular flexibility index (Phi) is 5.29. The molecule has 3 rings (SSSR count). The smallest absolute Gasteiger partial charge is 0.287 e. The second-order valence-corrected chi connectivity index (χ2v) is 6.14. The van der Waals surface area contributed by atoms with Crippen molar-refractivity contribution in [3.05, 3.63) is 22.6 Å². The minimum absolute atomic E-state index is 0. The molecule has 1 amide bonds. The van der Waals surface area contributed by atoms with E-state index in [9.17, 15) is 9.59 Å². The van der Waals surface area contributed by atoms with E-state index in [4.69, 9.17) is 10.2 Å². The summed E-state index contributed by atoms with van der Waals surface area (Å²) in [4.78, 5) is 24.4. The number of hydrogen-bond donors (Lipinski definition) is 2. The van der Waals surface area contributed by atoms with Crippen molar-refractivity contribution in [2.45, 2.75) is 51.5 Å². The topological polar surface area (TPSA) is 85.3 Å². The highest BCUT2D eigenvalue weighted by Crippen LogP contribution is 2.30. The van der Waals surface area contributed by atoms with E-state index < -0.39 is 0 Å². The Bertz CT molecular complexity index is 582. The third kappa shape index (κ3) is 2.92. The Morgan fingerprint density at radius 2 is 2.09 bits per heavy atom. The fraction of sp³-hybridized carbons (Fsp3) is 0.625. The number of nitrogens with two attached hydrogens (primary N) is 1. The summed E-state index contributed by atoms with van der Waals surface area (Å²) in [6.07, 6.45) is 5.21. The zero-order valence-corrected chi connectivity index (χ0v) is 13.6. The van der Waals surface area contributed by atoms with Crippen LogP contribution in [0.5, 0.6) is 0 Å². The molecule has 3 N–H and O–H groups in total. The number of fused-ring (bicyclic) bond motifs is 1. The molecule has 2 aliphatic carbocycles. The van der Waals surface area contributed by atoms with Crippen molar-refractivity contribution in [1.82, 2.24) is 5.32 Å². The third-order valence-corrected chi connectivity index (χ3v) is 4.79. The van der Waals surface area contributed by atoms with E-state index in [-0.39, 0.29) is 30.1 Å². The second-order valence-electron chi connectivity index (χ2n) is 6.14. The van der Waals surface area contributed by atoms with Gasteiger partial charge in [-0.2, -0.15) is 0 Å². The van der Waals surface area contributed by atoms with Crippen LogP contribution in [0.25, 0.3) is 0 Å². The highest BCUT2D eigenvalue weighted by Gasteiger charge is 2.32. The van der Waals surface area contributed by atoms with E-state index in [2.05, 4.69) is 5.32 Å². The van der Waals surface area contributed by atoms with Crippen molar-refractivity contribution in [2.24, 2.45) is 11.7 Å². The van der Waals surface area contributed by atoms with E-state index in [1.165, 1.54) is 0 Å². The highest BCUT2D eigenvalue weighted by molar-refractivity contribution is 6.03. The monoisotopic (exact) mass is 326 g/mol. The van der Waals surface area contributed by atoms with Crippen LogP contribution in [-0.2, 0) is 6.42 Å². The van der Waals surface area contributed by atoms with E-state index >= 15 is 0 Å². The van der Waals surface area contributed by atoms with Gasteiger partial charge in [-0.25, -0.2) is 0 Å². The molecule has 1 aromatic heterocycles. The lowest BCUT2D eigenvalue weighted by molar-refractivity contribution is 0.0895. The minimum atomic E-state index is -0.208. The van der Waals surface area contributed by atoms with Gasteiger partial charge < -0.3 is 15.5 Å². The van der Waals surface area contributed by atoms with Crippen LogP contribution in [0.2, 0.25) is 0 Å². The molecule has 1 saturated carbocycles. The Hall–Kier alpha value is -1.33. The fourth-order valence-corrected chi connectivity index (χ4v) is 3.61. The van der Waals surface area contributed by atoms with Crippen LogP contribution in [0.3, 0.4) is 0 Å². The molecule has 1 fully saturated rings. The largest absolute Gasteiger partial charge is 0.455 e. The first-order valence-corrected chi connectivity index (χ1v) is 7.78. The van der Waals surface area contributed by atoms with Crippen molar-refractivity contribution < 1.29 is 14.0 Å². The number of carbonyl (C=O) groups excluding carboxylic acids is 2. The van der Waals surface area contributed by atoms with E-state index in [1.807, 2.05) is 0 Å². The van der Waals surface area contributed by atoms with E-state index in [0.29, 0.717) is 41.5 Å². The van der Waals surface area contributed by atoms with E-state index in [1.54, 1.807) is 6.92 Å². The van der Waals surface area contributed by atoms with Crippen LogP contribution < -0.4 is 11.1 Å². The van der Waals surface area contributed by atoms with Gasteiger partial charge in [0.15, 0.2) is 11.5 Å². The first kappa shape index (κ1) is 17.0. The Morgan fingerprint density at radius 3 is 2.77 bits per heavy atom. The molecule has 1 aromatic rings. The summed E-state index contributed by atoms with van der Waals surface area (Å²) >= 11 is 0. The molecule has 0 aromatic carbocycles. The Labute approximate surface area is 136 Å². The molecule has 0 bridgehead atoms.